The molecule has 0 bridgehead atoms. The first-order valence-electron chi connectivity index (χ1n) is 7.47. The number of nitrogen functional groups attached to an aromatic ring is 1. The van der Waals surface area contributed by atoms with Crippen LogP contribution in [0.15, 0.2) is 0 Å². The lowest BCUT2D eigenvalue weighted by Crippen LogP contribution is -2.51. The normalized spacial score (nSPS) is 23.7. The summed E-state index contributed by atoms with van der Waals surface area (Å²) in [6.45, 7) is 11.0. The van der Waals surface area contributed by atoms with E-state index in [-0.39, 0.29) is 23.3 Å². The smallest absolute Gasteiger partial charge is 0.360 e. The van der Waals surface area contributed by atoms with Crippen LogP contribution in [0.5, 0.6) is 0 Å². The molecule has 6 heteroatoms. The van der Waals surface area contributed by atoms with E-state index >= 15 is 0 Å². The highest BCUT2D eigenvalue weighted by Crippen LogP contribution is 2.52. The number of aryl methyl sites for hydroxylation is 1. The number of anilines is 1. The highest BCUT2D eigenvalue weighted by Gasteiger charge is 2.51. The fourth-order valence-electron chi connectivity index (χ4n) is 3.09. The third kappa shape index (κ3) is 2.52. The molecule has 1 aliphatic carbocycles. The molecule has 6 nitrogen and oxygen atoms in total. The molecule has 21 heavy (non-hydrogen) atoms. The molecule has 0 radical (unpaired) electrons. The average molecular weight is 295 g/mol. The SMILES string of the molecule is CCOC(=O)c1nc(C)n(C2CC(OCC)C2(C)C)c1N. The van der Waals surface area contributed by atoms with Gasteiger partial charge in [-0.05, 0) is 27.2 Å². The number of imidazole rings is 1. The van der Waals surface area contributed by atoms with Crippen molar-refractivity contribution in [2.75, 3.05) is 18.9 Å². The lowest BCUT2D eigenvalue weighted by molar-refractivity contribution is -0.127. The standard InChI is InChI=1S/C15H25N3O3/c1-6-20-11-8-10(15(11,4)5)18-9(3)17-12(13(18)16)14(19)21-7-2/h10-11H,6-8,16H2,1-5H3. The molecule has 0 amide bonds. The molecule has 2 atom stereocenters. The Labute approximate surface area is 125 Å². The van der Waals surface area contributed by atoms with Crippen LogP contribution in [-0.2, 0) is 9.47 Å². The van der Waals surface area contributed by atoms with E-state index in [1.54, 1.807) is 6.92 Å². The minimum Gasteiger partial charge on any atom is -0.461 e. The van der Waals surface area contributed by atoms with Gasteiger partial charge in [0.2, 0.25) is 0 Å². The number of aromatic nitrogens is 2. The summed E-state index contributed by atoms with van der Waals surface area (Å²) in [6.07, 6.45) is 1.09. The number of rotatable bonds is 5. The zero-order chi connectivity index (χ0) is 15.8. The van der Waals surface area contributed by atoms with Crippen molar-refractivity contribution in [3.8, 4) is 0 Å². The Balaban J connectivity index is 2.28. The molecule has 2 unspecified atom stereocenters. The summed E-state index contributed by atoms with van der Waals surface area (Å²) in [5, 5.41) is 0. The van der Waals surface area contributed by atoms with Gasteiger partial charge in [0.15, 0.2) is 5.69 Å². The predicted molar refractivity (Wildman–Crippen MR) is 80.2 cm³/mol. The molecule has 2 N–H and O–H groups in total. The fraction of sp³-hybridized carbons (Fsp3) is 0.733. The van der Waals surface area contributed by atoms with Gasteiger partial charge in [0, 0.05) is 18.1 Å². The minimum atomic E-state index is -0.463. The Morgan fingerprint density at radius 2 is 2.10 bits per heavy atom. The van der Waals surface area contributed by atoms with Crippen molar-refractivity contribution in [3.63, 3.8) is 0 Å². The highest BCUT2D eigenvalue weighted by atomic mass is 16.5. The molecular formula is C15H25N3O3. The molecule has 118 valence electrons. The molecule has 0 aliphatic heterocycles. The van der Waals surface area contributed by atoms with Crippen molar-refractivity contribution in [1.82, 2.24) is 9.55 Å². The summed E-state index contributed by atoms with van der Waals surface area (Å²) < 4.78 is 12.7. The van der Waals surface area contributed by atoms with Crippen molar-refractivity contribution in [2.45, 2.75) is 53.2 Å². The average Bonchev–Trinajstić information content (AvgIpc) is 2.70. The summed E-state index contributed by atoms with van der Waals surface area (Å²) in [4.78, 5) is 16.2. The fourth-order valence-corrected chi connectivity index (χ4v) is 3.09. The summed E-state index contributed by atoms with van der Waals surface area (Å²) in [6, 6.07) is 0.185. The second-order valence-electron chi connectivity index (χ2n) is 6.00. The second kappa shape index (κ2) is 5.67. The van der Waals surface area contributed by atoms with Crippen molar-refractivity contribution in [2.24, 2.45) is 5.41 Å². The summed E-state index contributed by atoms with van der Waals surface area (Å²) in [5.41, 5.74) is 6.32. The first-order chi connectivity index (χ1) is 9.84. The summed E-state index contributed by atoms with van der Waals surface area (Å²) in [5.74, 6) is 0.665. The number of nitrogens with zero attached hydrogens (tertiary/aromatic N) is 2. The van der Waals surface area contributed by atoms with Gasteiger partial charge in [-0.25, -0.2) is 9.78 Å². The van der Waals surface area contributed by atoms with Crippen LogP contribution >= 0.6 is 0 Å². The van der Waals surface area contributed by atoms with Gasteiger partial charge in [-0.3, -0.25) is 0 Å². The number of ether oxygens (including phenoxy) is 2. The van der Waals surface area contributed by atoms with Crippen molar-refractivity contribution in [3.05, 3.63) is 11.5 Å². The number of carbonyl (C=O) groups excluding carboxylic acids is 1. The minimum absolute atomic E-state index is 0.0402. The van der Waals surface area contributed by atoms with E-state index < -0.39 is 5.97 Å². The van der Waals surface area contributed by atoms with Gasteiger partial charge in [-0.1, -0.05) is 13.8 Å². The van der Waals surface area contributed by atoms with Crippen LogP contribution in [0.25, 0.3) is 0 Å². The Hall–Kier alpha value is -1.56. The highest BCUT2D eigenvalue weighted by molar-refractivity contribution is 5.92. The van der Waals surface area contributed by atoms with E-state index in [1.807, 2.05) is 18.4 Å². The maximum Gasteiger partial charge on any atom is 0.360 e. The van der Waals surface area contributed by atoms with Crippen LogP contribution in [0.1, 0.15) is 56.5 Å². The van der Waals surface area contributed by atoms with Gasteiger partial charge < -0.3 is 19.8 Å². The number of carbonyl (C=O) groups is 1. The predicted octanol–water partition coefficient (Wildman–Crippen LogP) is 2.33. The van der Waals surface area contributed by atoms with E-state index in [0.717, 1.165) is 12.2 Å². The van der Waals surface area contributed by atoms with Crippen molar-refractivity contribution in [1.29, 1.82) is 0 Å². The molecule has 1 fully saturated rings. The van der Waals surface area contributed by atoms with Crippen LogP contribution in [0.4, 0.5) is 5.82 Å². The molecule has 1 aliphatic rings. The first-order valence-corrected chi connectivity index (χ1v) is 7.47. The van der Waals surface area contributed by atoms with Crippen LogP contribution in [-0.4, -0.2) is 34.8 Å². The molecule has 1 aromatic heterocycles. The zero-order valence-corrected chi connectivity index (χ0v) is 13.5. The van der Waals surface area contributed by atoms with E-state index in [4.69, 9.17) is 15.2 Å². The number of hydrogen-bond donors (Lipinski definition) is 1. The van der Waals surface area contributed by atoms with E-state index in [0.29, 0.717) is 19.0 Å². The van der Waals surface area contributed by atoms with Gasteiger partial charge in [0.1, 0.15) is 11.6 Å². The van der Waals surface area contributed by atoms with Gasteiger partial charge in [-0.15, -0.1) is 0 Å². The second-order valence-corrected chi connectivity index (χ2v) is 6.00. The number of esters is 1. The molecule has 0 saturated heterocycles. The molecular weight excluding hydrogens is 270 g/mol. The van der Waals surface area contributed by atoms with E-state index in [9.17, 15) is 4.79 Å². The molecule has 0 aromatic carbocycles. The molecule has 1 saturated carbocycles. The van der Waals surface area contributed by atoms with Gasteiger partial charge >= 0.3 is 5.97 Å². The molecule has 0 spiro atoms. The number of nitrogens with two attached hydrogens (primary N) is 1. The first kappa shape index (κ1) is 15.8. The van der Waals surface area contributed by atoms with Crippen LogP contribution in [0.2, 0.25) is 0 Å². The zero-order valence-electron chi connectivity index (χ0n) is 13.5. The Morgan fingerprint density at radius 1 is 1.43 bits per heavy atom. The molecule has 1 aromatic rings. The monoisotopic (exact) mass is 295 g/mol. The van der Waals surface area contributed by atoms with Gasteiger partial charge in [0.05, 0.1) is 12.7 Å². The van der Waals surface area contributed by atoms with Gasteiger partial charge in [-0.2, -0.15) is 0 Å². The third-order valence-electron chi connectivity index (χ3n) is 4.40. The van der Waals surface area contributed by atoms with Crippen molar-refractivity contribution >= 4 is 11.8 Å². The molecule has 1 heterocycles. The van der Waals surface area contributed by atoms with Crippen LogP contribution in [0.3, 0.4) is 0 Å². The van der Waals surface area contributed by atoms with Crippen molar-refractivity contribution < 1.29 is 14.3 Å². The van der Waals surface area contributed by atoms with Crippen LogP contribution < -0.4 is 5.73 Å². The topological polar surface area (TPSA) is 79.4 Å². The Kier molecular flexibility index (Phi) is 4.27. The third-order valence-corrected chi connectivity index (χ3v) is 4.40. The summed E-state index contributed by atoms with van der Waals surface area (Å²) in [7, 11) is 0. The van der Waals surface area contributed by atoms with Crippen LogP contribution in [0, 0.1) is 12.3 Å². The summed E-state index contributed by atoms with van der Waals surface area (Å²) >= 11 is 0. The maximum absolute atomic E-state index is 11.9. The lowest BCUT2D eigenvalue weighted by atomic mass is 9.64. The largest absolute Gasteiger partial charge is 0.461 e. The lowest BCUT2D eigenvalue weighted by Gasteiger charge is -2.52. The number of hydrogen-bond acceptors (Lipinski definition) is 5. The molecule has 2 rings (SSSR count). The Morgan fingerprint density at radius 3 is 2.62 bits per heavy atom. The Bertz CT molecular complexity index is 537. The van der Waals surface area contributed by atoms with Gasteiger partial charge in [0.25, 0.3) is 0 Å². The maximum atomic E-state index is 11.9. The van der Waals surface area contributed by atoms with E-state index in [1.165, 1.54) is 0 Å². The quantitative estimate of drug-likeness (QED) is 0.843. The van der Waals surface area contributed by atoms with E-state index in [2.05, 4.69) is 18.8 Å².